The zero-order valence-corrected chi connectivity index (χ0v) is 9.52. The summed E-state index contributed by atoms with van der Waals surface area (Å²) in [7, 11) is -1.46. The van der Waals surface area contributed by atoms with Gasteiger partial charge >= 0.3 is 7.12 Å². The molecule has 2 rings (SSSR count). The Morgan fingerprint density at radius 3 is 2.75 bits per heavy atom. The van der Waals surface area contributed by atoms with Crippen molar-refractivity contribution in [2.75, 3.05) is 6.61 Å². The molecular formula is C12H17BO3. The van der Waals surface area contributed by atoms with Crippen LogP contribution in [0.5, 0.6) is 5.75 Å². The van der Waals surface area contributed by atoms with Crippen LogP contribution < -0.4 is 10.2 Å². The summed E-state index contributed by atoms with van der Waals surface area (Å²) in [5.41, 5.74) is 1.45. The van der Waals surface area contributed by atoms with Crippen molar-refractivity contribution in [3.8, 4) is 5.75 Å². The molecule has 0 atom stereocenters. The fourth-order valence-electron chi connectivity index (χ4n) is 1.74. The van der Waals surface area contributed by atoms with E-state index < -0.39 is 7.12 Å². The summed E-state index contributed by atoms with van der Waals surface area (Å²) in [6.07, 6.45) is 3.69. The highest BCUT2D eigenvalue weighted by Crippen LogP contribution is 2.32. The third-order valence-electron chi connectivity index (χ3n) is 2.92. The lowest BCUT2D eigenvalue weighted by atomic mass is 9.79. The van der Waals surface area contributed by atoms with Crippen LogP contribution in [0.2, 0.25) is 0 Å². The van der Waals surface area contributed by atoms with E-state index in [1.165, 1.54) is 12.8 Å². The third-order valence-corrected chi connectivity index (χ3v) is 2.92. The second-order valence-corrected chi connectivity index (χ2v) is 4.50. The first-order valence-corrected chi connectivity index (χ1v) is 5.76. The van der Waals surface area contributed by atoms with Gasteiger partial charge in [-0.3, -0.25) is 0 Å². The van der Waals surface area contributed by atoms with E-state index in [0.29, 0.717) is 17.8 Å². The SMILES string of the molecule is Cc1ccc(OCCC2CC2)c(B(O)O)c1. The van der Waals surface area contributed by atoms with Crippen molar-refractivity contribution in [1.82, 2.24) is 0 Å². The first-order valence-electron chi connectivity index (χ1n) is 5.76. The molecule has 0 aliphatic heterocycles. The van der Waals surface area contributed by atoms with Crippen LogP contribution in [0.25, 0.3) is 0 Å². The molecule has 1 aromatic carbocycles. The first-order chi connectivity index (χ1) is 7.66. The van der Waals surface area contributed by atoms with Gasteiger partial charge in [-0.05, 0) is 25.3 Å². The van der Waals surface area contributed by atoms with E-state index in [4.69, 9.17) is 4.74 Å². The molecule has 86 valence electrons. The fourth-order valence-corrected chi connectivity index (χ4v) is 1.74. The maximum atomic E-state index is 9.23. The van der Waals surface area contributed by atoms with Gasteiger partial charge < -0.3 is 14.8 Å². The molecular weight excluding hydrogens is 203 g/mol. The maximum absolute atomic E-state index is 9.23. The van der Waals surface area contributed by atoms with Gasteiger partial charge in [0.2, 0.25) is 0 Å². The molecule has 1 aliphatic rings. The molecule has 3 nitrogen and oxygen atoms in total. The molecule has 0 saturated heterocycles. The minimum Gasteiger partial charge on any atom is -0.494 e. The van der Waals surface area contributed by atoms with Crippen LogP contribution in [-0.4, -0.2) is 23.8 Å². The van der Waals surface area contributed by atoms with Gasteiger partial charge in [0.15, 0.2) is 0 Å². The van der Waals surface area contributed by atoms with Crippen molar-refractivity contribution in [2.45, 2.75) is 26.2 Å². The summed E-state index contributed by atoms with van der Waals surface area (Å²) in [5, 5.41) is 18.5. The van der Waals surface area contributed by atoms with Crippen molar-refractivity contribution in [2.24, 2.45) is 5.92 Å². The van der Waals surface area contributed by atoms with Crippen molar-refractivity contribution in [1.29, 1.82) is 0 Å². The smallest absolute Gasteiger partial charge is 0.492 e. The Balaban J connectivity index is 1.99. The van der Waals surface area contributed by atoms with Crippen molar-refractivity contribution in [3.05, 3.63) is 23.8 Å². The van der Waals surface area contributed by atoms with Gasteiger partial charge in [0.1, 0.15) is 5.75 Å². The van der Waals surface area contributed by atoms with E-state index in [1.54, 1.807) is 12.1 Å². The highest BCUT2D eigenvalue weighted by Gasteiger charge is 2.22. The Bertz CT molecular complexity index is 361. The summed E-state index contributed by atoms with van der Waals surface area (Å²) < 4.78 is 5.58. The predicted octanol–water partition coefficient (Wildman–Crippen LogP) is 0.854. The zero-order valence-electron chi connectivity index (χ0n) is 9.52. The van der Waals surface area contributed by atoms with E-state index >= 15 is 0 Å². The van der Waals surface area contributed by atoms with Crippen LogP contribution in [0, 0.1) is 12.8 Å². The van der Waals surface area contributed by atoms with Gasteiger partial charge in [-0.2, -0.15) is 0 Å². The zero-order chi connectivity index (χ0) is 11.5. The van der Waals surface area contributed by atoms with E-state index in [0.717, 1.165) is 17.9 Å². The topological polar surface area (TPSA) is 49.7 Å². The quantitative estimate of drug-likeness (QED) is 0.723. The van der Waals surface area contributed by atoms with Crippen LogP contribution in [0.3, 0.4) is 0 Å². The van der Waals surface area contributed by atoms with Crippen molar-refractivity contribution in [3.63, 3.8) is 0 Å². The molecule has 0 aromatic heterocycles. The largest absolute Gasteiger partial charge is 0.494 e. The van der Waals surface area contributed by atoms with Gasteiger partial charge in [0, 0.05) is 5.46 Å². The molecule has 0 spiro atoms. The normalized spacial score (nSPS) is 14.9. The van der Waals surface area contributed by atoms with E-state index in [1.807, 2.05) is 13.0 Å². The number of aryl methyl sites for hydroxylation is 1. The maximum Gasteiger partial charge on any atom is 0.492 e. The molecule has 0 unspecified atom stereocenters. The molecule has 0 heterocycles. The Labute approximate surface area is 96.2 Å². The average Bonchev–Trinajstić information content (AvgIpc) is 3.04. The highest BCUT2D eigenvalue weighted by molar-refractivity contribution is 6.59. The monoisotopic (exact) mass is 220 g/mol. The number of ether oxygens (including phenoxy) is 1. The summed E-state index contributed by atoms with van der Waals surface area (Å²) in [5.74, 6) is 1.41. The average molecular weight is 220 g/mol. The Kier molecular flexibility index (Phi) is 3.51. The van der Waals surface area contributed by atoms with E-state index in [2.05, 4.69) is 0 Å². The molecule has 0 radical (unpaired) electrons. The minimum atomic E-state index is -1.46. The number of rotatable bonds is 5. The summed E-state index contributed by atoms with van der Waals surface area (Å²) in [6.45, 7) is 2.58. The third kappa shape index (κ3) is 3.00. The van der Waals surface area contributed by atoms with Crippen LogP contribution in [0.15, 0.2) is 18.2 Å². The van der Waals surface area contributed by atoms with E-state index in [9.17, 15) is 10.0 Å². The predicted molar refractivity (Wildman–Crippen MR) is 63.8 cm³/mol. The van der Waals surface area contributed by atoms with Crippen LogP contribution >= 0.6 is 0 Å². The summed E-state index contributed by atoms with van der Waals surface area (Å²) in [6, 6.07) is 5.46. The molecule has 1 fully saturated rings. The molecule has 0 amide bonds. The van der Waals surface area contributed by atoms with Crippen LogP contribution in [0.4, 0.5) is 0 Å². The second kappa shape index (κ2) is 4.89. The highest BCUT2D eigenvalue weighted by atomic mass is 16.5. The first kappa shape index (κ1) is 11.5. The number of hydrogen-bond donors (Lipinski definition) is 2. The van der Waals surface area contributed by atoms with Gasteiger partial charge in [-0.1, -0.05) is 30.5 Å². The van der Waals surface area contributed by atoms with Crippen LogP contribution in [-0.2, 0) is 0 Å². The van der Waals surface area contributed by atoms with E-state index in [-0.39, 0.29) is 0 Å². The molecule has 1 aromatic rings. The summed E-state index contributed by atoms with van der Waals surface area (Å²) >= 11 is 0. The summed E-state index contributed by atoms with van der Waals surface area (Å²) in [4.78, 5) is 0. The van der Waals surface area contributed by atoms with Crippen molar-refractivity contribution < 1.29 is 14.8 Å². The van der Waals surface area contributed by atoms with Gasteiger partial charge in [-0.25, -0.2) is 0 Å². The van der Waals surface area contributed by atoms with Crippen molar-refractivity contribution >= 4 is 12.6 Å². The molecule has 4 heteroatoms. The van der Waals surface area contributed by atoms with Crippen LogP contribution in [0.1, 0.15) is 24.8 Å². The van der Waals surface area contributed by atoms with Gasteiger partial charge in [0.05, 0.1) is 6.61 Å². The number of hydrogen-bond acceptors (Lipinski definition) is 3. The fraction of sp³-hybridized carbons (Fsp3) is 0.500. The standard InChI is InChI=1S/C12H17BO3/c1-9-2-5-12(11(8-9)13(14)15)16-7-6-10-3-4-10/h2,5,8,10,14-15H,3-4,6-7H2,1H3. The Hall–Kier alpha value is -0.995. The minimum absolute atomic E-state index is 0.454. The molecule has 2 N–H and O–H groups in total. The molecule has 0 bridgehead atoms. The van der Waals surface area contributed by atoms with Gasteiger partial charge in [0.25, 0.3) is 0 Å². The number of benzene rings is 1. The lowest BCUT2D eigenvalue weighted by molar-refractivity contribution is 0.303. The second-order valence-electron chi connectivity index (χ2n) is 4.50. The molecule has 1 saturated carbocycles. The molecule has 1 aliphatic carbocycles. The lowest BCUT2D eigenvalue weighted by Crippen LogP contribution is -2.31. The molecule has 16 heavy (non-hydrogen) atoms. The van der Waals surface area contributed by atoms with Gasteiger partial charge in [-0.15, -0.1) is 0 Å². The Morgan fingerprint density at radius 2 is 2.12 bits per heavy atom. The lowest BCUT2D eigenvalue weighted by Gasteiger charge is -2.11. The Morgan fingerprint density at radius 1 is 1.38 bits per heavy atom.